The molecule has 0 aliphatic carbocycles. The second kappa shape index (κ2) is 7.46. The van der Waals surface area contributed by atoms with Crippen molar-refractivity contribution < 1.29 is 14.0 Å². The molecule has 3 rings (SSSR count). The molecule has 1 aromatic heterocycles. The molecule has 6 nitrogen and oxygen atoms in total. The molecule has 0 saturated carbocycles. The van der Waals surface area contributed by atoms with Crippen molar-refractivity contribution in [2.24, 2.45) is 0 Å². The third-order valence-electron chi connectivity index (χ3n) is 4.49. The topological polar surface area (TPSA) is 84.2 Å². The van der Waals surface area contributed by atoms with Crippen molar-refractivity contribution >= 4 is 28.6 Å². The number of rotatable bonds is 4. The summed E-state index contributed by atoms with van der Waals surface area (Å²) in [4.78, 5) is 28.9. The molecule has 1 heterocycles. The molecule has 0 aliphatic heterocycles. The van der Waals surface area contributed by atoms with Gasteiger partial charge in [-0.1, -0.05) is 26.8 Å². The van der Waals surface area contributed by atoms with E-state index in [9.17, 15) is 9.59 Å². The molecule has 6 heteroatoms. The number of nitrogens with zero attached hydrogens (tertiary/aromatic N) is 1. The van der Waals surface area contributed by atoms with Gasteiger partial charge in [0.1, 0.15) is 5.52 Å². The number of benzene rings is 2. The van der Waals surface area contributed by atoms with Crippen molar-refractivity contribution in [2.45, 2.75) is 40.0 Å². The number of aromatic nitrogens is 1. The summed E-state index contributed by atoms with van der Waals surface area (Å²) in [5.41, 5.74) is 4.45. The number of anilines is 1. The lowest BCUT2D eigenvalue weighted by molar-refractivity contribution is -0.115. The number of oxazole rings is 1. The van der Waals surface area contributed by atoms with Gasteiger partial charge < -0.3 is 15.1 Å². The van der Waals surface area contributed by atoms with Crippen molar-refractivity contribution in [1.29, 1.82) is 0 Å². The maximum Gasteiger partial charge on any atom is 0.251 e. The lowest BCUT2D eigenvalue weighted by Crippen LogP contribution is -2.32. The third kappa shape index (κ3) is 4.39. The minimum absolute atomic E-state index is 0.115. The molecule has 146 valence electrons. The number of carbonyl (C=O) groups excluding carboxylic acids is 2. The smallest absolute Gasteiger partial charge is 0.251 e. The fourth-order valence-electron chi connectivity index (χ4n) is 2.68. The fourth-order valence-corrected chi connectivity index (χ4v) is 2.68. The van der Waals surface area contributed by atoms with Gasteiger partial charge in [0, 0.05) is 16.7 Å². The summed E-state index contributed by atoms with van der Waals surface area (Å²) in [5.74, 6) is 0.0581. The highest BCUT2D eigenvalue weighted by Gasteiger charge is 2.21. The highest BCUT2D eigenvalue weighted by molar-refractivity contribution is 6.00. The lowest BCUT2D eigenvalue weighted by atomic mass is 9.97. The van der Waals surface area contributed by atoms with E-state index in [4.69, 9.17) is 4.42 Å². The first-order valence-electron chi connectivity index (χ1n) is 9.20. The van der Waals surface area contributed by atoms with E-state index in [1.54, 1.807) is 24.3 Å². The summed E-state index contributed by atoms with van der Waals surface area (Å²) in [6, 6.07) is 10.7. The zero-order chi connectivity index (χ0) is 20.5. The monoisotopic (exact) mass is 379 g/mol. The summed E-state index contributed by atoms with van der Waals surface area (Å²) in [6.45, 7) is 9.90. The fraction of sp³-hybridized carbons (Fsp3) is 0.318. The van der Waals surface area contributed by atoms with Crippen LogP contribution in [0.25, 0.3) is 11.1 Å². The second-order valence-corrected chi connectivity index (χ2v) is 7.98. The minimum Gasteiger partial charge on any atom is -0.440 e. The van der Waals surface area contributed by atoms with Crippen molar-refractivity contribution in [1.82, 2.24) is 10.3 Å². The van der Waals surface area contributed by atoms with E-state index in [1.165, 1.54) is 0 Å². The van der Waals surface area contributed by atoms with E-state index in [1.807, 2.05) is 46.8 Å². The van der Waals surface area contributed by atoms with Gasteiger partial charge in [0.2, 0.25) is 11.8 Å². The van der Waals surface area contributed by atoms with Crippen molar-refractivity contribution in [3.05, 3.63) is 59.0 Å². The number of hydrogen-bond donors (Lipinski definition) is 2. The molecule has 0 bridgehead atoms. The van der Waals surface area contributed by atoms with Gasteiger partial charge in [-0.15, -0.1) is 0 Å². The standard InChI is InChI=1S/C22H25N3O3/c1-13-6-7-15(10-14(13)2)20(27)23-12-19(26)24-16-8-9-18-17(11-16)25-21(28-18)22(3,4)5/h6-11H,12H2,1-5H3,(H,23,27)(H,24,26). The molecule has 0 unspecified atom stereocenters. The van der Waals surface area contributed by atoms with Crippen LogP contribution in [0.4, 0.5) is 5.69 Å². The minimum atomic E-state index is -0.309. The summed E-state index contributed by atoms with van der Waals surface area (Å²) in [7, 11) is 0. The predicted octanol–water partition coefficient (Wildman–Crippen LogP) is 4.11. The summed E-state index contributed by atoms with van der Waals surface area (Å²) in [6.07, 6.45) is 0. The molecule has 0 fully saturated rings. The van der Waals surface area contributed by atoms with E-state index >= 15 is 0 Å². The number of amides is 2. The molecule has 0 saturated heterocycles. The number of carbonyl (C=O) groups is 2. The Bertz CT molecular complexity index is 1040. The van der Waals surface area contributed by atoms with Crippen molar-refractivity contribution in [3.63, 3.8) is 0 Å². The zero-order valence-electron chi connectivity index (χ0n) is 16.8. The van der Waals surface area contributed by atoms with Gasteiger partial charge in [-0.05, 0) is 55.3 Å². The molecule has 3 aromatic rings. The lowest BCUT2D eigenvalue weighted by Gasteiger charge is -2.11. The molecule has 2 N–H and O–H groups in total. The predicted molar refractivity (Wildman–Crippen MR) is 110 cm³/mol. The number of hydrogen-bond acceptors (Lipinski definition) is 4. The van der Waals surface area contributed by atoms with Gasteiger partial charge in [-0.25, -0.2) is 4.98 Å². The van der Waals surface area contributed by atoms with Crippen LogP contribution in [0.15, 0.2) is 40.8 Å². The van der Waals surface area contributed by atoms with Crippen LogP contribution >= 0.6 is 0 Å². The third-order valence-corrected chi connectivity index (χ3v) is 4.49. The van der Waals surface area contributed by atoms with Crippen molar-refractivity contribution in [3.8, 4) is 0 Å². The highest BCUT2D eigenvalue weighted by atomic mass is 16.3. The molecule has 28 heavy (non-hydrogen) atoms. The maximum absolute atomic E-state index is 12.2. The first-order valence-corrected chi connectivity index (χ1v) is 9.20. The van der Waals surface area contributed by atoms with Crippen LogP contribution in [-0.4, -0.2) is 23.3 Å². The Labute approximate surface area is 164 Å². The van der Waals surface area contributed by atoms with Crippen molar-refractivity contribution in [2.75, 3.05) is 11.9 Å². The summed E-state index contributed by atoms with van der Waals surface area (Å²) in [5, 5.41) is 5.42. The molecule has 2 amide bonds. The first-order chi connectivity index (χ1) is 13.1. The van der Waals surface area contributed by atoms with E-state index in [0.29, 0.717) is 28.2 Å². The van der Waals surface area contributed by atoms with Crippen LogP contribution in [0.1, 0.15) is 48.1 Å². The number of nitrogens with one attached hydrogen (secondary N) is 2. The van der Waals surface area contributed by atoms with E-state index < -0.39 is 0 Å². The molecule has 0 atom stereocenters. The Balaban J connectivity index is 1.62. The Morgan fingerprint density at radius 2 is 1.79 bits per heavy atom. The van der Waals surface area contributed by atoms with Gasteiger partial charge in [0.15, 0.2) is 5.58 Å². The molecule has 2 aromatic carbocycles. The molecular formula is C22H25N3O3. The highest BCUT2D eigenvalue weighted by Crippen LogP contribution is 2.27. The van der Waals surface area contributed by atoms with Crippen LogP contribution in [0.5, 0.6) is 0 Å². The largest absolute Gasteiger partial charge is 0.440 e. The first kappa shape index (κ1) is 19.6. The average molecular weight is 379 g/mol. The maximum atomic E-state index is 12.2. The second-order valence-electron chi connectivity index (χ2n) is 7.98. The van der Waals surface area contributed by atoms with Crippen LogP contribution in [-0.2, 0) is 10.2 Å². The number of aryl methyl sites for hydroxylation is 2. The van der Waals surface area contributed by atoms with Gasteiger partial charge in [-0.3, -0.25) is 9.59 Å². The normalized spacial score (nSPS) is 11.5. The Hall–Kier alpha value is -3.15. The van der Waals surface area contributed by atoms with E-state index in [0.717, 1.165) is 11.1 Å². The summed E-state index contributed by atoms with van der Waals surface area (Å²) < 4.78 is 5.76. The Morgan fingerprint density at radius 3 is 2.46 bits per heavy atom. The molecule has 0 radical (unpaired) electrons. The molecular weight excluding hydrogens is 354 g/mol. The SMILES string of the molecule is Cc1ccc(C(=O)NCC(=O)Nc2ccc3oc(C(C)(C)C)nc3c2)cc1C. The van der Waals surface area contributed by atoms with Gasteiger partial charge in [0.25, 0.3) is 5.91 Å². The number of fused-ring (bicyclic) bond motifs is 1. The van der Waals surface area contributed by atoms with Crippen LogP contribution in [0.3, 0.4) is 0 Å². The quantitative estimate of drug-likeness (QED) is 0.714. The Morgan fingerprint density at radius 1 is 1.04 bits per heavy atom. The molecule has 0 aliphatic rings. The average Bonchev–Trinajstić information content (AvgIpc) is 3.06. The van der Waals surface area contributed by atoms with E-state index in [2.05, 4.69) is 15.6 Å². The van der Waals surface area contributed by atoms with Crippen LogP contribution in [0, 0.1) is 13.8 Å². The molecule has 0 spiro atoms. The van der Waals surface area contributed by atoms with Crippen LogP contribution in [0.2, 0.25) is 0 Å². The van der Waals surface area contributed by atoms with E-state index in [-0.39, 0.29) is 23.8 Å². The van der Waals surface area contributed by atoms with Crippen LogP contribution < -0.4 is 10.6 Å². The van der Waals surface area contributed by atoms with Gasteiger partial charge in [0.05, 0.1) is 6.54 Å². The van der Waals surface area contributed by atoms with Gasteiger partial charge in [-0.2, -0.15) is 0 Å². The summed E-state index contributed by atoms with van der Waals surface area (Å²) >= 11 is 0. The Kier molecular flexibility index (Phi) is 5.23. The van der Waals surface area contributed by atoms with Gasteiger partial charge >= 0.3 is 0 Å². The zero-order valence-corrected chi connectivity index (χ0v) is 16.8.